The smallest absolute Gasteiger partial charge is 0.320 e. The molecule has 5 heteroatoms. The Hall–Kier alpha value is -1.88. The van der Waals surface area contributed by atoms with Crippen molar-refractivity contribution in [3.63, 3.8) is 0 Å². The minimum Gasteiger partial charge on any atom is -0.480 e. The van der Waals surface area contributed by atoms with Gasteiger partial charge in [0.1, 0.15) is 11.8 Å². The van der Waals surface area contributed by atoms with Crippen LogP contribution < -0.4 is 10.5 Å². The Kier molecular flexibility index (Phi) is 6.73. The molecule has 1 aromatic carbocycles. The van der Waals surface area contributed by atoms with Crippen molar-refractivity contribution >= 4 is 11.9 Å². The normalized spacial score (nSPS) is 11.9. The summed E-state index contributed by atoms with van der Waals surface area (Å²) in [7, 11) is 0. The fourth-order valence-corrected chi connectivity index (χ4v) is 1.74. The third kappa shape index (κ3) is 5.84. The second-order valence-electron chi connectivity index (χ2n) is 4.72. The molecule has 1 aromatic rings. The van der Waals surface area contributed by atoms with Crippen LogP contribution in [0.2, 0.25) is 0 Å². The highest BCUT2D eigenvalue weighted by molar-refractivity contribution is 5.73. The van der Waals surface area contributed by atoms with Gasteiger partial charge < -0.3 is 15.6 Å². The van der Waals surface area contributed by atoms with Crippen molar-refractivity contribution in [2.24, 2.45) is 5.73 Å². The Balaban J connectivity index is 2.46. The molecule has 0 heterocycles. The van der Waals surface area contributed by atoms with E-state index in [0.29, 0.717) is 12.2 Å². The molecule has 0 saturated carbocycles. The first-order chi connectivity index (χ1) is 9.52. The lowest BCUT2D eigenvalue weighted by atomic mass is 10.1. The summed E-state index contributed by atoms with van der Waals surface area (Å²) in [6, 6.07) is 5.83. The van der Waals surface area contributed by atoms with Gasteiger partial charge in [0.15, 0.2) is 0 Å². The molecular weight excluding hydrogens is 258 g/mol. The van der Waals surface area contributed by atoms with Gasteiger partial charge in [-0.15, -0.1) is 0 Å². The monoisotopic (exact) mass is 279 g/mol. The first kappa shape index (κ1) is 16.2. The van der Waals surface area contributed by atoms with E-state index in [1.807, 2.05) is 0 Å². The molecule has 1 atom stereocenters. The van der Waals surface area contributed by atoms with E-state index in [-0.39, 0.29) is 12.4 Å². The average molecular weight is 279 g/mol. The predicted molar refractivity (Wildman–Crippen MR) is 75.5 cm³/mol. The number of nitrogens with two attached hydrogens (primary N) is 1. The van der Waals surface area contributed by atoms with Crippen LogP contribution in [0.25, 0.3) is 0 Å². The van der Waals surface area contributed by atoms with Gasteiger partial charge in [0.05, 0.1) is 0 Å². The Bertz CT molecular complexity index is 442. The summed E-state index contributed by atoms with van der Waals surface area (Å²) in [6.07, 6.45) is 3.58. The van der Waals surface area contributed by atoms with Crippen LogP contribution in [0.4, 0.5) is 0 Å². The van der Waals surface area contributed by atoms with Gasteiger partial charge >= 0.3 is 11.9 Å². The molecule has 5 nitrogen and oxygen atoms in total. The summed E-state index contributed by atoms with van der Waals surface area (Å²) in [4.78, 5) is 22.2. The molecule has 1 rings (SSSR count). The topological polar surface area (TPSA) is 89.6 Å². The number of aliphatic carboxylic acids is 1. The molecule has 0 saturated heterocycles. The number of carbonyl (C=O) groups excluding carboxylic acids is 1. The Morgan fingerprint density at radius 2 is 1.90 bits per heavy atom. The van der Waals surface area contributed by atoms with Crippen molar-refractivity contribution < 1.29 is 19.4 Å². The summed E-state index contributed by atoms with van der Waals surface area (Å²) in [5.74, 6) is -0.802. The molecule has 0 radical (unpaired) electrons. The first-order valence-corrected chi connectivity index (χ1v) is 6.81. The zero-order chi connectivity index (χ0) is 15.0. The zero-order valence-corrected chi connectivity index (χ0v) is 11.7. The number of carbonyl (C=O) groups is 2. The molecule has 0 amide bonds. The van der Waals surface area contributed by atoms with Crippen LogP contribution >= 0.6 is 0 Å². The van der Waals surface area contributed by atoms with Gasteiger partial charge in [0.25, 0.3) is 0 Å². The number of esters is 1. The van der Waals surface area contributed by atoms with Gasteiger partial charge in [-0.05, 0) is 30.5 Å². The molecule has 0 fully saturated rings. The van der Waals surface area contributed by atoms with Gasteiger partial charge in [0.2, 0.25) is 0 Å². The van der Waals surface area contributed by atoms with Crippen molar-refractivity contribution in [1.82, 2.24) is 0 Å². The molecule has 110 valence electrons. The van der Waals surface area contributed by atoms with Crippen LogP contribution in [0, 0.1) is 0 Å². The lowest BCUT2D eigenvalue weighted by Gasteiger charge is -2.08. The summed E-state index contributed by atoms with van der Waals surface area (Å²) < 4.78 is 5.18. The fraction of sp³-hybridized carbons (Fsp3) is 0.467. The molecular formula is C15H21NO4. The Morgan fingerprint density at radius 1 is 1.25 bits per heavy atom. The number of unbranched alkanes of at least 4 members (excludes halogenated alkanes) is 2. The standard InChI is InChI=1S/C15H21NO4/c1-2-3-4-5-14(17)20-12-8-6-11(7-9-12)10-13(16)15(18)19/h6-9,13H,2-5,10,16H2,1H3,(H,18,19)/t13-/m0/s1. The van der Waals surface area contributed by atoms with Gasteiger partial charge in [-0.3, -0.25) is 9.59 Å². The number of benzene rings is 1. The molecule has 0 aliphatic rings. The van der Waals surface area contributed by atoms with Crippen molar-refractivity contribution in [2.45, 2.75) is 45.1 Å². The molecule has 0 aliphatic heterocycles. The van der Waals surface area contributed by atoms with E-state index in [1.165, 1.54) is 0 Å². The first-order valence-electron chi connectivity index (χ1n) is 6.81. The maximum absolute atomic E-state index is 11.5. The highest BCUT2D eigenvalue weighted by Crippen LogP contribution is 2.14. The highest BCUT2D eigenvalue weighted by atomic mass is 16.5. The summed E-state index contributed by atoms with van der Waals surface area (Å²) in [6.45, 7) is 2.08. The van der Waals surface area contributed by atoms with E-state index < -0.39 is 12.0 Å². The van der Waals surface area contributed by atoms with Gasteiger partial charge in [-0.25, -0.2) is 0 Å². The molecule has 0 aliphatic carbocycles. The summed E-state index contributed by atoms with van der Waals surface area (Å²) in [5, 5.41) is 8.73. The van der Waals surface area contributed by atoms with Crippen LogP contribution in [0.3, 0.4) is 0 Å². The SMILES string of the molecule is CCCCCC(=O)Oc1ccc(C[C@H](N)C(=O)O)cc1. The molecule has 20 heavy (non-hydrogen) atoms. The van der Waals surface area contributed by atoms with Crippen molar-refractivity contribution in [2.75, 3.05) is 0 Å². The van der Waals surface area contributed by atoms with E-state index in [2.05, 4.69) is 6.92 Å². The maximum atomic E-state index is 11.5. The summed E-state index contributed by atoms with van der Waals surface area (Å²) in [5.41, 5.74) is 6.25. The van der Waals surface area contributed by atoms with E-state index in [4.69, 9.17) is 15.6 Å². The van der Waals surface area contributed by atoms with Gasteiger partial charge in [0, 0.05) is 6.42 Å². The van der Waals surface area contributed by atoms with E-state index in [0.717, 1.165) is 24.8 Å². The second-order valence-corrected chi connectivity index (χ2v) is 4.72. The zero-order valence-electron chi connectivity index (χ0n) is 11.7. The van der Waals surface area contributed by atoms with Gasteiger partial charge in [-0.1, -0.05) is 31.9 Å². The van der Waals surface area contributed by atoms with Gasteiger partial charge in [-0.2, -0.15) is 0 Å². The van der Waals surface area contributed by atoms with Crippen LogP contribution in [0.15, 0.2) is 24.3 Å². The largest absolute Gasteiger partial charge is 0.480 e. The number of ether oxygens (including phenoxy) is 1. The van der Waals surface area contributed by atoms with Crippen molar-refractivity contribution in [3.05, 3.63) is 29.8 Å². The third-order valence-electron chi connectivity index (χ3n) is 2.91. The third-order valence-corrected chi connectivity index (χ3v) is 2.91. The molecule has 0 aromatic heterocycles. The minimum atomic E-state index is -1.03. The Labute approximate surface area is 118 Å². The van der Waals surface area contributed by atoms with E-state index in [1.54, 1.807) is 24.3 Å². The maximum Gasteiger partial charge on any atom is 0.320 e. The highest BCUT2D eigenvalue weighted by Gasteiger charge is 2.12. The molecule has 0 bridgehead atoms. The number of hydrogen-bond acceptors (Lipinski definition) is 4. The second kappa shape index (κ2) is 8.32. The lowest BCUT2D eigenvalue weighted by Crippen LogP contribution is -2.32. The molecule has 3 N–H and O–H groups in total. The minimum absolute atomic E-state index is 0.242. The quantitative estimate of drug-likeness (QED) is 0.432. The average Bonchev–Trinajstić information content (AvgIpc) is 2.41. The molecule has 0 unspecified atom stereocenters. The number of carboxylic acids is 1. The van der Waals surface area contributed by atoms with E-state index >= 15 is 0 Å². The predicted octanol–water partition coefficient (Wildman–Crippen LogP) is 2.13. The summed E-state index contributed by atoms with van der Waals surface area (Å²) >= 11 is 0. The number of rotatable bonds is 8. The molecule has 0 spiro atoms. The Morgan fingerprint density at radius 3 is 2.45 bits per heavy atom. The van der Waals surface area contributed by atoms with Crippen molar-refractivity contribution in [3.8, 4) is 5.75 Å². The van der Waals surface area contributed by atoms with Crippen LogP contribution in [0.5, 0.6) is 5.75 Å². The fourth-order valence-electron chi connectivity index (χ4n) is 1.74. The number of carboxylic acid groups (broad SMARTS) is 1. The van der Waals surface area contributed by atoms with E-state index in [9.17, 15) is 9.59 Å². The number of hydrogen-bond donors (Lipinski definition) is 2. The van der Waals surface area contributed by atoms with Crippen LogP contribution in [-0.4, -0.2) is 23.1 Å². The van der Waals surface area contributed by atoms with Crippen LogP contribution in [0.1, 0.15) is 38.2 Å². The van der Waals surface area contributed by atoms with Crippen molar-refractivity contribution in [1.29, 1.82) is 0 Å². The lowest BCUT2D eigenvalue weighted by molar-refractivity contribution is -0.138. The van der Waals surface area contributed by atoms with Crippen LogP contribution in [-0.2, 0) is 16.0 Å².